The number of methoxy groups -OCH3 is 3. The first-order valence-electron chi connectivity index (χ1n) is 14.0. The van der Waals surface area contributed by atoms with Gasteiger partial charge in [-0.15, -0.1) is 0 Å². The summed E-state index contributed by atoms with van der Waals surface area (Å²) < 4.78 is 15.0. The molecule has 12 nitrogen and oxygen atoms in total. The summed E-state index contributed by atoms with van der Waals surface area (Å²) in [5, 5.41) is 28.5. The second kappa shape index (κ2) is 9.16. The van der Waals surface area contributed by atoms with Crippen LogP contribution < -0.4 is 0 Å². The summed E-state index contributed by atoms with van der Waals surface area (Å²) in [6.07, 6.45) is 4.77. The van der Waals surface area contributed by atoms with Crippen molar-refractivity contribution in [1.29, 1.82) is 0 Å². The Hall–Kier alpha value is -3.18. The van der Waals surface area contributed by atoms with Crippen LogP contribution in [0.2, 0.25) is 0 Å². The maximum absolute atomic E-state index is 12.4. The van der Waals surface area contributed by atoms with Crippen LogP contribution in [0.3, 0.4) is 0 Å². The summed E-state index contributed by atoms with van der Waals surface area (Å²) in [5.41, 5.74) is -5.77. The van der Waals surface area contributed by atoms with E-state index in [-0.39, 0.29) is 49.0 Å². The van der Waals surface area contributed by atoms with Crippen molar-refractivity contribution >= 4 is 35.8 Å². The summed E-state index contributed by atoms with van der Waals surface area (Å²) in [4.78, 5) is 72.1. The largest absolute Gasteiger partial charge is 0.481 e. The molecular weight excluding hydrogens is 540 g/mol. The van der Waals surface area contributed by atoms with Gasteiger partial charge in [-0.2, -0.15) is 0 Å². The van der Waals surface area contributed by atoms with Gasteiger partial charge >= 0.3 is 35.8 Å². The van der Waals surface area contributed by atoms with E-state index in [9.17, 15) is 44.1 Å². The van der Waals surface area contributed by atoms with Crippen LogP contribution in [0.15, 0.2) is 0 Å². The van der Waals surface area contributed by atoms with Gasteiger partial charge in [-0.25, -0.2) is 0 Å². The van der Waals surface area contributed by atoms with Crippen molar-refractivity contribution in [2.24, 2.45) is 44.3 Å². The lowest BCUT2D eigenvalue weighted by Gasteiger charge is -2.62. The molecule has 0 aromatic carbocycles. The van der Waals surface area contributed by atoms with Crippen molar-refractivity contribution in [1.82, 2.24) is 0 Å². The van der Waals surface area contributed by atoms with Crippen LogP contribution in [0.25, 0.3) is 0 Å². The smallest absolute Gasteiger partial charge is 0.311 e. The van der Waals surface area contributed by atoms with Crippen molar-refractivity contribution in [3.63, 3.8) is 0 Å². The Morgan fingerprint density at radius 1 is 0.439 bits per heavy atom. The van der Waals surface area contributed by atoms with Crippen molar-refractivity contribution in [3.05, 3.63) is 0 Å². The summed E-state index contributed by atoms with van der Waals surface area (Å²) in [6.45, 7) is 0. The molecule has 0 aliphatic heterocycles. The van der Waals surface area contributed by atoms with E-state index < -0.39 is 50.4 Å². The standard InChI is InChI=1S/C16H22O6.C13H16O6/c1-20-11(17)14-4-10-5-15(7-14,12(18)21-2)9-16(6-10,8-14)13(19)22-3;14-8(15)11-1-7-2-12(4-11,9(16)17)6-13(3-7,5-11)10(18)19/h10H,4-9H2,1-3H3;7H,1-6H2,(H,14,15)(H,16,17)(H,18,19). The highest BCUT2D eigenvalue weighted by atomic mass is 16.5. The van der Waals surface area contributed by atoms with E-state index >= 15 is 0 Å². The van der Waals surface area contributed by atoms with Gasteiger partial charge in [0.2, 0.25) is 0 Å². The van der Waals surface area contributed by atoms with Gasteiger partial charge in [0.25, 0.3) is 0 Å². The van der Waals surface area contributed by atoms with E-state index in [0.29, 0.717) is 57.8 Å². The lowest BCUT2D eigenvalue weighted by Crippen LogP contribution is -2.64. The summed E-state index contributed by atoms with van der Waals surface area (Å²) in [5.74, 6) is -4.02. The Labute approximate surface area is 237 Å². The molecule has 226 valence electrons. The summed E-state index contributed by atoms with van der Waals surface area (Å²) in [6, 6.07) is 0. The third-order valence-electron chi connectivity index (χ3n) is 11.4. The van der Waals surface area contributed by atoms with Gasteiger partial charge in [0.05, 0.1) is 53.8 Å². The molecule has 0 aromatic rings. The van der Waals surface area contributed by atoms with E-state index in [1.165, 1.54) is 21.3 Å². The van der Waals surface area contributed by atoms with Gasteiger partial charge in [-0.3, -0.25) is 28.8 Å². The number of esters is 3. The molecule has 0 radical (unpaired) electrons. The van der Waals surface area contributed by atoms with Gasteiger partial charge < -0.3 is 29.5 Å². The quantitative estimate of drug-likeness (QED) is 0.309. The van der Waals surface area contributed by atoms with E-state index in [4.69, 9.17) is 14.2 Å². The molecule has 8 aliphatic carbocycles. The molecule has 0 unspecified atom stereocenters. The molecule has 0 atom stereocenters. The number of carbonyl (C=O) groups excluding carboxylic acids is 3. The third kappa shape index (κ3) is 4.06. The average molecular weight is 579 g/mol. The molecule has 0 saturated heterocycles. The lowest BCUT2D eigenvalue weighted by atomic mass is 9.39. The molecular formula is C29H38O12. The minimum atomic E-state index is -1.16. The summed E-state index contributed by atoms with van der Waals surface area (Å²) in [7, 11) is 4.07. The SMILES string of the molecule is COC(=O)C12CC3CC(C(=O)OC)(C1)CC(C(=O)OC)(C3)C2.O=C(O)C12CC3CC(C(=O)O)(C1)CC(C(=O)O)(C3)C2. The highest BCUT2D eigenvalue weighted by Gasteiger charge is 2.72. The zero-order chi connectivity index (χ0) is 30.2. The van der Waals surface area contributed by atoms with Crippen molar-refractivity contribution in [2.45, 2.75) is 77.0 Å². The van der Waals surface area contributed by atoms with Crippen LogP contribution in [0.4, 0.5) is 0 Å². The average Bonchev–Trinajstić information content (AvgIpc) is 2.90. The Kier molecular flexibility index (Phi) is 6.55. The van der Waals surface area contributed by atoms with E-state index in [2.05, 4.69) is 0 Å². The van der Waals surface area contributed by atoms with Crippen LogP contribution in [-0.2, 0) is 43.0 Å². The molecule has 0 amide bonds. The third-order valence-corrected chi connectivity index (χ3v) is 11.4. The Balaban J connectivity index is 0.000000166. The first-order chi connectivity index (χ1) is 19.1. The second-order valence-electron chi connectivity index (χ2n) is 14.1. The molecule has 0 spiro atoms. The fraction of sp³-hybridized carbons (Fsp3) is 0.793. The second-order valence-corrected chi connectivity index (χ2v) is 14.1. The molecule has 0 aromatic heterocycles. The number of rotatable bonds is 6. The van der Waals surface area contributed by atoms with E-state index in [1.54, 1.807) is 0 Å². The van der Waals surface area contributed by atoms with Crippen molar-refractivity contribution in [2.75, 3.05) is 21.3 Å². The van der Waals surface area contributed by atoms with Gasteiger partial charge in [0.1, 0.15) is 0 Å². The van der Waals surface area contributed by atoms with E-state index in [0.717, 1.165) is 0 Å². The molecule has 8 rings (SSSR count). The zero-order valence-electron chi connectivity index (χ0n) is 23.7. The number of ether oxygens (including phenoxy) is 3. The van der Waals surface area contributed by atoms with Crippen molar-refractivity contribution in [3.8, 4) is 0 Å². The van der Waals surface area contributed by atoms with Crippen LogP contribution in [0, 0.1) is 44.3 Å². The topological polar surface area (TPSA) is 191 Å². The number of hydrogen-bond donors (Lipinski definition) is 3. The van der Waals surface area contributed by atoms with Gasteiger partial charge in [0.15, 0.2) is 0 Å². The highest BCUT2D eigenvalue weighted by Crippen LogP contribution is 2.71. The number of carboxylic acids is 3. The van der Waals surface area contributed by atoms with Crippen LogP contribution in [-0.4, -0.2) is 72.5 Å². The van der Waals surface area contributed by atoms with Crippen LogP contribution in [0.5, 0.6) is 0 Å². The monoisotopic (exact) mass is 578 g/mol. The minimum Gasteiger partial charge on any atom is -0.481 e. The Morgan fingerprint density at radius 3 is 0.829 bits per heavy atom. The molecule has 8 bridgehead atoms. The van der Waals surface area contributed by atoms with Crippen molar-refractivity contribution < 1.29 is 58.3 Å². The zero-order valence-corrected chi connectivity index (χ0v) is 23.7. The lowest BCUT2D eigenvalue weighted by molar-refractivity contribution is -0.213. The normalized spacial score (nSPS) is 44.3. The molecule has 8 aliphatic rings. The van der Waals surface area contributed by atoms with Gasteiger partial charge in [-0.1, -0.05) is 0 Å². The predicted molar refractivity (Wildman–Crippen MR) is 136 cm³/mol. The molecule has 3 N–H and O–H groups in total. The summed E-state index contributed by atoms with van der Waals surface area (Å²) >= 11 is 0. The maximum Gasteiger partial charge on any atom is 0.311 e. The number of hydrogen-bond acceptors (Lipinski definition) is 9. The molecule has 8 fully saturated rings. The van der Waals surface area contributed by atoms with E-state index in [1.807, 2.05) is 0 Å². The highest BCUT2D eigenvalue weighted by molar-refractivity contribution is 5.88. The molecule has 41 heavy (non-hydrogen) atoms. The number of carboxylic acid groups (broad SMARTS) is 3. The minimum absolute atomic E-state index is 0.0796. The molecule has 0 heterocycles. The van der Waals surface area contributed by atoms with Gasteiger partial charge in [-0.05, 0) is 88.9 Å². The first-order valence-corrected chi connectivity index (χ1v) is 14.0. The molecule has 12 heteroatoms. The van der Waals surface area contributed by atoms with Gasteiger partial charge in [0, 0.05) is 0 Å². The first kappa shape index (κ1) is 29.3. The fourth-order valence-corrected chi connectivity index (χ4v) is 10.9. The van der Waals surface area contributed by atoms with Crippen LogP contribution >= 0.6 is 0 Å². The fourth-order valence-electron chi connectivity index (χ4n) is 10.9. The Bertz CT molecular complexity index is 1060. The van der Waals surface area contributed by atoms with Crippen LogP contribution in [0.1, 0.15) is 77.0 Å². The number of carbonyl (C=O) groups is 6. The Morgan fingerprint density at radius 2 is 0.634 bits per heavy atom. The molecule has 8 saturated carbocycles. The number of aliphatic carboxylic acids is 3. The predicted octanol–water partition coefficient (Wildman–Crippen LogP) is 2.66. The maximum atomic E-state index is 12.4.